The lowest BCUT2D eigenvalue weighted by Gasteiger charge is -2.11. The number of halogens is 1. The lowest BCUT2D eigenvalue weighted by molar-refractivity contribution is 0.372. The van der Waals surface area contributed by atoms with Crippen LogP contribution in [0.3, 0.4) is 0 Å². The topological polar surface area (TPSA) is 44.2 Å². The lowest BCUT2D eigenvalue weighted by Crippen LogP contribution is -1.94. The van der Waals surface area contributed by atoms with E-state index >= 15 is 0 Å². The van der Waals surface area contributed by atoms with E-state index in [0.29, 0.717) is 21.9 Å². The fourth-order valence-corrected chi connectivity index (χ4v) is 1.80. The molecule has 0 N–H and O–H groups in total. The molecule has 18 heavy (non-hydrogen) atoms. The van der Waals surface area contributed by atoms with Gasteiger partial charge < -0.3 is 9.47 Å². The Morgan fingerprint density at radius 3 is 2.78 bits per heavy atom. The number of benzene rings is 1. The van der Waals surface area contributed by atoms with Gasteiger partial charge in [-0.25, -0.2) is 9.97 Å². The second-order valence-corrected chi connectivity index (χ2v) is 4.47. The number of hydrogen-bond donors (Lipinski definition) is 0. The van der Waals surface area contributed by atoms with Crippen LogP contribution in [0.2, 0.25) is 0 Å². The quantitative estimate of drug-likeness (QED) is 0.865. The lowest BCUT2D eigenvalue weighted by atomic mass is 10.1. The van der Waals surface area contributed by atoms with E-state index in [4.69, 9.17) is 9.47 Å². The van der Waals surface area contributed by atoms with Crippen molar-refractivity contribution in [3.63, 3.8) is 0 Å². The second kappa shape index (κ2) is 5.82. The first-order chi connectivity index (χ1) is 8.74. The molecule has 0 radical (unpaired) electrons. The molecule has 1 aromatic carbocycles. The number of nitrogens with zero attached hydrogens (tertiary/aromatic N) is 2. The van der Waals surface area contributed by atoms with E-state index in [-0.39, 0.29) is 0 Å². The summed E-state index contributed by atoms with van der Waals surface area (Å²) >= 11 is 3.34. The molecule has 0 atom stereocenters. The zero-order chi connectivity index (χ0) is 13.0. The van der Waals surface area contributed by atoms with Gasteiger partial charge in [-0.05, 0) is 40.0 Å². The minimum absolute atomic E-state index is 0.465. The summed E-state index contributed by atoms with van der Waals surface area (Å²) in [6.45, 7) is 2.09. The molecule has 0 fully saturated rings. The third kappa shape index (κ3) is 2.79. The molecule has 0 aliphatic carbocycles. The highest BCUT2D eigenvalue weighted by atomic mass is 79.9. The molecule has 1 aromatic heterocycles. The molecular formula is C13H13BrN2O2. The number of ether oxygens (including phenoxy) is 2. The molecule has 1 heterocycles. The van der Waals surface area contributed by atoms with Crippen LogP contribution in [-0.4, -0.2) is 17.1 Å². The molecule has 0 saturated carbocycles. The van der Waals surface area contributed by atoms with Crippen molar-refractivity contribution in [2.45, 2.75) is 13.3 Å². The standard InChI is InChI=1S/C13H13BrN2O2/c1-3-9-4-5-11(12(6-9)17-2)18-13-10(14)7-15-8-16-13/h4-8H,3H2,1-2H3. The van der Waals surface area contributed by atoms with Crippen LogP contribution in [0.25, 0.3) is 0 Å². The van der Waals surface area contributed by atoms with E-state index in [1.54, 1.807) is 13.3 Å². The Kier molecular flexibility index (Phi) is 4.15. The summed E-state index contributed by atoms with van der Waals surface area (Å²) in [5.74, 6) is 1.79. The van der Waals surface area contributed by atoms with Gasteiger partial charge in [0.1, 0.15) is 6.33 Å². The molecule has 2 aromatic rings. The van der Waals surface area contributed by atoms with Crippen molar-refractivity contribution in [3.05, 3.63) is 40.8 Å². The number of methoxy groups -OCH3 is 1. The Bertz CT molecular complexity index is 546. The molecule has 2 rings (SSSR count). The fraction of sp³-hybridized carbons (Fsp3) is 0.231. The van der Waals surface area contributed by atoms with E-state index in [2.05, 4.69) is 32.8 Å². The second-order valence-electron chi connectivity index (χ2n) is 3.62. The van der Waals surface area contributed by atoms with Crippen LogP contribution in [-0.2, 0) is 6.42 Å². The third-order valence-electron chi connectivity index (χ3n) is 2.48. The molecule has 0 saturated heterocycles. The molecule has 5 heteroatoms. The van der Waals surface area contributed by atoms with Crippen molar-refractivity contribution in [2.24, 2.45) is 0 Å². The van der Waals surface area contributed by atoms with Gasteiger partial charge in [0.15, 0.2) is 11.5 Å². The van der Waals surface area contributed by atoms with Gasteiger partial charge in [0.25, 0.3) is 0 Å². The van der Waals surface area contributed by atoms with Gasteiger partial charge in [0, 0.05) is 6.20 Å². The highest BCUT2D eigenvalue weighted by Gasteiger charge is 2.09. The van der Waals surface area contributed by atoms with Gasteiger partial charge in [-0.2, -0.15) is 0 Å². The molecular weight excluding hydrogens is 296 g/mol. The van der Waals surface area contributed by atoms with Crippen LogP contribution < -0.4 is 9.47 Å². The van der Waals surface area contributed by atoms with Crippen molar-refractivity contribution < 1.29 is 9.47 Å². The largest absolute Gasteiger partial charge is 0.493 e. The van der Waals surface area contributed by atoms with Crippen molar-refractivity contribution in [2.75, 3.05) is 7.11 Å². The van der Waals surface area contributed by atoms with Crippen LogP contribution in [0.1, 0.15) is 12.5 Å². The minimum Gasteiger partial charge on any atom is -0.493 e. The van der Waals surface area contributed by atoms with Crippen LogP contribution in [0.15, 0.2) is 35.2 Å². The zero-order valence-electron chi connectivity index (χ0n) is 10.2. The fourth-order valence-electron chi connectivity index (χ4n) is 1.50. The minimum atomic E-state index is 0.465. The van der Waals surface area contributed by atoms with Crippen LogP contribution >= 0.6 is 15.9 Å². The Morgan fingerprint density at radius 1 is 1.28 bits per heavy atom. The van der Waals surface area contributed by atoms with E-state index in [1.807, 2.05) is 18.2 Å². The van der Waals surface area contributed by atoms with E-state index in [9.17, 15) is 0 Å². The van der Waals surface area contributed by atoms with Crippen LogP contribution in [0.5, 0.6) is 17.4 Å². The number of aromatic nitrogens is 2. The van der Waals surface area contributed by atoms with E-state index in [0.717, 1.165) is 6.42 Å². The molecule has 0 aliphatic rings. The first kappa shape index (κ1) is 12.8. The van der Waals surface area contributed by atoms with Gasteiger partial charge >= 0.3 is 0 Å². The Morgan fingerprint density at radius 2 is 2.11 bits per heavy atom. The summed E-state index contributed by atoms with van der Waals surface area (Å²) < 4.78 is 11.7. The summed E-state index contributed by atoms with van der Waals surface area (Å²) in [7, 11) is 1.62. The van der Waals surface area contributed by atoms with Gasteiger partial charge in [0.2, 0.25) is 5.88 Å². The molecule has 0 bridgehead atoms. The maximum Gasteiger partial charge on any atom is 0.236 e. The van der Waals surface area contributed by atoms with Gasteiger partial charge in [0.05, 0.1) is 11.6 Å². The summed E-state index contributed by atoms with van der Waals surface area (Å²) in [4.78, 5) is 7.94. The third-order valence-corrected chi connectivity index (χ3v) is 3.02. The Hall–Kier alpha value is -1.62. The predicted molar refractivity (Wildman–Crippen MR) is 72.2 cm³/mol. The van der Waals surface area contributed by atoms with Gasteiger partial charge in [-0.1, -0.05) is 13.0 Å². The molecule has 0 aliphatic heterocycles. The molecule has 94 valence electrons. The van der Waals surface area contributed by atoms with Crippen LogP contribution in [0, 0.1) is 0 Å². The average Bonchev–Trinajstić information content (AvgIpc) is 2.41. The normalized spacial score (nSPS) is 10.2. The van der Waals surface area contributed by atoms with Crippen LogP contribution in [0.4, 0.5) is 0 Å². The first-order valence-corrected chi connectivity index (χ1v) is 6.34. The zero-order valence-corrected chi connectivity index (χ0v) is 11.8. The summed E-state index contributed by atoms with van der Waals surface area (Å²) in [6, 6.07) is 5.85. The average molecular weight is 309 g/mol. The SMILES string of the molecule is CCc1ccc(Oc2ncncc2Br)c(OC)c1. The predicted octanol–water partition coefficient (Wildman–Crippen LogP) is 3.60. The summed E-state index contributed by atoms with van der Waals surface area (Å²) in [5, 5.41) is 0. The van der Waals surface area contributed by atoms with Crippen molar-refractivity contribution in [3.8, 4) is 17.4 Å². The number of rotatable bonds is 4. The number of hydrogen-bond acceptors (Lipinski definition) is 4. The summed E-state index contributed by atoms with van der Waals surface area (Å²) in [6.07, 6.45) is 4.02. The molecule has 0 amide bonds. The Labute approximate surface area is 114 Å². The number of aryl methyl sites for hydroxylation is 1. The highest BCUT2D eigenvalue weighted by molar-refractivity contribution is 9.10. The Balaban J connectivity index is 2.32. The molecule has 4 nitrogen and oxygen atoms in total. The van der Waals surface area contributed by atoms with Gasteiger partial charge in [-0.3, -0.25) is 0 Å². The monoisotopic (exact) mass is 308 g/mol. The highest BCUT2D eigenvalue weighted by Crippen LogP contribution is 2.34. The maximum absolute atomic E-state index is 5.71. The van der Waals surface area contributed by atoms with Crippen molar-refractivity contribution >= 4 is 15.9 Å². The summed E-state index contributed by atoms with van der Waals surface area (Å²) in [5.41, 5.74) is 1.20. The first-order valence-electron chi connectivity index (χ1n) is 5.55. The van der Waals surface area contributed by atoms with Gasteiger partial charge in [-0.15, -0.1) is 0 Å². The smallest absolute Gasteiger partial charge is 0.236 e. The maximum atomic E-state index is 5.71. The van der Waals surface area contributed by atoms with Crippen molar-refractivity contribution in [1.29, 1.82) is 0 Å². The van der Waals surface area contributed by atoms with Crippen molar-refractivity contribution in [1.82, 2.24) is 9.97 Å². The van der Waals surface area contributed by atoms with E-state index < -0.39 is 0 Å². The molecule has 0 spiro atoms. The van der Waals surface area contributed by atoms with E-state index in [1.165, 1.54) is 11.9 Å². The molecule has 0 unspecified atom stereocenters.